The molecule has 0 spiro atoms. The summed E-state index contributed by atoms with van der Waals surface area (Å²) >= 11 is 0. The van der Waals surface area contributed by atoms with Gasteiger partial charge in [-0.3, -0.25) is 4.79 Å². The fourth-order valence-corrected chi connectivity index (χ4v) is 1.35. The maximum Gasteiger partial charge on any atom is 0.307 e. The number of nitrogens with two attached hydrogens (primary N) is 1. The third-order valence-corrected chi connectivity index (χ3v) is 2.46. The van der Waals surface area contributed by atoms with Crippen molar-refractivity contribution in [3.8, 4) is 0 Å². The molecule has 0 aromatic carbocycles. The first kappa shape index (κ1) is 14.4. The van der Waals surface area contributed by atoms with Crippen LogP contribution in [0.3, 0.4) is 0 Å². The van der Waals surface area contributed by atoms with Crippen LogP contribution in [0.1, 0.15) is 33.6 Å². The lowest BCUT2D eigenvalue weighted by Crippen LogP contribution is -2.35. The Morgan fingerprint density at radius 1 is 1.47 bits per heavy atom. The highest BCUT2D eigenvalue weighted by Crippen LogP contribution is 2.12. The van der Waals surface area contributed by atoms with E-state index in [1.54, 1.807) is 6.92 Å². The largest absolute Gasteiger partial charge is 0.481 e. The number of aliphatic carboxylic acids is 1. The maximum atomic E-state index is 10.7. The van der Waals surface area contributed by atoms with Gasteiger partial charge in [-0.1, -0.05) is 20.8 Å². The summed E-state index contributed by atoms with van der Waals surface area (Å²) in [5.41, 5.74) is 5.79. The number of carboxylic acid groups (broad SMARTS) is 1. The molecule has 0 amide bonds. The van der Waals surface area contributed by atoms with Crippen molar-refractivity contribution in [3.05, 3.63) is 0 Å². The van der Waals surface area contributed by atoms with Crippen LogP contribution >= 0.6 is 0 Å². The van der Waals surface area contributed by atoms with E-state index in [9.17, 15) is 4.79 Å². The van der Waals surface area contributed by atoms with Crippen LogP contribution < -0.4 is 5.73 Å². The van der Waals surface area contributed by atoms with E-state index in [1.165, 1.54) is 0 Å². The van der Waals surface area contributed by atoms with Crippen LogP contribution in [0.2, 0.25) is 0 Å². The average Bonchev–Trinajstić information content (AvgIpc) is 2.16. The first-order valence-corrected chi connectivity index (χ1v) is 5.55. The predicted molar refractivity (Wildman–Crippen MR) is 59.7 cm³/mol. The number of carboxylic acids is 1. The van der Waals surface area contributed by atoms with Crippen molar-refractivity contribution >= 4 is 5.97 Å². The van der Waals surface area contributed by atoms with Gasteiger partial charge in [0.2, 0.25) is 0 Å². The molecule has 2 unspecified atom stereocenters. The van der Waals surface area contributed by atoms with E-state index in [0.29, 0.717) is 18.9 Å². The van der Waals surface area contributed by atoms with Crippen molar-refractivity contribution in [2.75, 3.05) is 13.2 Å². The van der Waals surface area contributed by atoms with Gasteiger partial charge in [0.05, 0.1) is 5.92 Å². The van der Waals surface area contributed by atoms with Gasteiger partial charge >= 0.3 is 5.97 Å². The Morgan fingerprint density at radius 3 is 2.53 bits per heavy atom. The number of rotatable bonds is 8. The zero-order valence-corrected chi connectivity index (χ0v) is 9.90. The van der Waals surface area contributed by atoms with Crippen LogP contribution in [0.4, 0.5) is 0 Å². The SMILES string of the molecule is CCCOCC(C)C[C@H](N)C(C)C(=O)O. The van der Waals surface area contributed by atoms with E-state index >= 15 is 0 Å². The molecule has 0 aliphatic rings. The Labute approximate surface area is 91.8 Å². The first-order chi connectivity index (χ1) is 6.99. The summed E-state index contributed by atoms with van der Waals surface area (Å²) in [6.07, 6.45) is 1.70. The lowest BCUT2D eigenvalue weighted by atomic mass is 9.94. The number of carbonyl (C=O) groups is 1. The minimum absolute atomic E-state index is 0.289. The molecule has 4 heteroatoms. The van der Waals surface area contributed by atoms with Crippen molar-refractivity contribution in [1.29, 1.82) is 0 Å². The van der Waals surface area contributed by atoms with Crippen molar-refractivity contribution in [2.45, 2.75) is 39.7 Å². The monoisotopic (exact) mass is 217 g/mol. The molecular formula is C11H23NO3. The number of hydrogen-bond donors (Lipinski definition) is 2. The minimum Gasteiger partial charge on any atom is -0.481 e. The third-order valence-electron chi connectivity index (χ3n) is 2.46. The highest BCUT2D eigenvalue weighted by atomic mass is 16.5. The molecule has 0 aliphatic carbocycles. The molecule has 0 aliphatic heterocycles. The van der Waals surface area contributed by atoms with Crippen LogP contribution in [0.25, 0.3) is 0 Å². The molecule has 0 saturated heterocycles. The summed E-state index contributed by atoms with van der Waals surface area (Å²) in [6, 6.07) is -0.289. The van der Waals surface area contributed by atoms with Gasteiger partial charge in [-0.2, -0.15) is 0 Å². The number of hydrogen-bond acceptors (Lipinski definition) is 3. The van der Waals surface area contributed by atoms with Gasteiger partial charge in [0, 0.05) is 19.3 Å². The zero-order chi connectivity index (χ0) is 11.8. The van der Waals surface area contributed by atoms with Crippen molar-refractivity contribution in [1.82, 2.24) is 0 Å². The van der Waals surface area contributed by atoms with Crippen LogP contribution in [0, 0.1) is 11.8 Å². The zero-order valence-electron chi connectivity index (χ0n) is 9.90. The van der Waals surface area contributed by atoms with Gasteiger partial charge in [0.25, 0.3) is 0 Å². The van der Waals surface area contributed by atoms with Gasteiger partial charge in [-0.05, 0) is 18.8 Å². The summed E-state index contributed by atoms with van der Waals surface area (Å²) in [6.45, 7) is 7.15. The number of ether oxygens (including phenoxy) is 1. The second-order valence-electron chi connectivity index (χ2n) is 4.21. The Kier molecular flexibility index (Phi) is 7.34. The molecule has 0 aromatic rings. The Morgan fingerprint density at radius 2 is 2.07 bits per heavy atom. The van der Waals surface area contributed by atoms with Crippen LogP contribution in [0.15, 0.2) is 0 Å². The van der Waals surface area contributed by atoms with E-state index in [0.717, 1.165) is 13.0 Å². The van der Waals surface area contributed by atoms with Gasteiger partial charge in [-0.25, -0.2) is 0 Å². The van der Waals surface area contributed by atoms with E-state index in [-0.39, 0.29) is 6.04 Å². The molecule has 0 bridgehead atoms. The Bertz CT molecular complexity index is 185. The van der Waals surface area contributed by atoms with Crippen LogP contribution in [-0.4, -0.2) is 30.3 Å². The van der Waals surface area contributed by atoms with Crippen LogP contribution in [0.5, 0.6) is 0 Å². The van der Waals surface area contributed by atoms with Crippen LogP contribution in [-0.2, 0) is 9.53 Å². The van der Waals surface area contributed by atoms with E-state index in [2.05, 4.69) is 6.92 Å². The second-order valence-corrected chi connectivity index (χ2v) is 4.21. The topological polar surface area (TPSA) is 72.5 Å². The average molecular weight is 217 g/mol. The third kappa shape index (κ3) is 6.47. The van der Waals surface area contributed by atoms with Crippen molar-refractivity contribution in [3.63, 3.8) is 0 Å². The van der Waals surface area contributed by atoms with Crippen molar-refractivity contribution in [2.24, 2.45) is 17.6 Å². The van der Waals surface area contributed by atoms with E-state index in [4.69, 9.17) is 15.6 Å². The molecule has 15 heavy (non-hydrogen) atoms. The van der Waals surface area contributed by atoms with E-state index < -0.39 is 11.9 Å². The molecule has 0 fully saturated rings. The second kappa shape index (κ2) is 7.65. The Balaban J connectivity index is 3.75. The summed E-state index contributed by atoms with van der Waals surface area (Å²) in [7, 11) is 0. The predicted octanol–water partition coefficient (Wildman–Crippen LogP) is 1.49. The lowest BCUT2D eigenvalue weighted by Gasteiger charge is -2.20. The smallest absolute Gasteiger partial charge is 0.307 e. The van der Waals surface area contributed by atoms with Gasteiger partial charge in [0.1, 0.15) is 0 Å². The fraction of sp³-hybridized carbons (Fsp3) is 0.909. The molecule has 0 aromatic heterocycles. The van der Waals surface area contributed by atoms with Gasteiger partial charge in [-0.15, -0.1) is 0 Å². The molecule has 0 heterocycles. The summed E-state index contributed by atoms with van der Waals surface area (Å²) in [5.74, 6) is -1.00. The Hall–Kier alpha value is -0.610. The molecule has 90 valence electrons. The van der Waals surface area contributed by atoms with E-state index in [1.807, 2.05) is 6.92 Å². The summed E-state index contributed by atoms with van der Waals surface area (Å²) in [5, 5.41) is 8.77. The highest BCUT2D eigenvalue weighted by Gasteiger charge is 2.21. The normalized spacial score (nSPS) is 17.1. The standard InChI is InChI=1S/C11H23NO3/c1-4-5-15-7-8(2)6-10(12)9(3)11(13)14/h8-10H,4-7,12H2,1-3H3,(H,13,14)/t8?,9?,10-/m0/s1. The van der Waals surface area contributed by atoms with Gasteiger partial charge in [0.15, 0.2) is 0 Å². The molecule has 3 atom stereocenters. The first-order valence-electron chi connectivity index (χ1n) is 5.55. The lowest BCUT2D eigenvalue weighted by molar-refractivity contribution is -0.141. The quantitative estimate of drug-likeness (QED) is 0.604. The minimum atomic E-state index is -0.829. The summed E-state index contributed by atoms with van der Waals surface area (Å²) < 4.78 is 5.38. The molecule has 3 N–H and O–H groups in total. The maximum absolute atomic E-state index is 10.7. The van der Waals surface area contributed by atoms with Gasteiger partial charge < -0.3 is 15.6 Å². The fourth-order valence-electron chi connectivity index (χ4n) is 1.35. The molecule has 4 nitrogen and oxygen atoms in total. The molecule has 0 saturated carbocycles. The van der Waals surface area contributed by atoms with Crippen molar-refractivity contribution < 1.29 is 14.6 Å². The molecule has 0 rings (SSSR count). The molecule has 0 radical (unpaired) electrons. The highest BCUT2D eigenvalue weighted by molar-refractivity contribution is 5.70. The summed E-state index contributed by atoms with van der Waals surface area (Å²) in [4.78, 5) is 10.7. The molecular weight excluding hydrogens is 194 g/mol.